The molecule has 23 heavy (non-hydrogen) atoms. The average molecular weight is 330 g/mol. The molecular formula is C16H18N4O2S. The summed E-state index contributed by atoms with van der Waals surface area (Å²) in [4.78, 5) is 33.1. The minimum Gasteiger partial charge on any atom is -0.383 e. The van der Waals surface area contributed by atoms with Crippen molar-refractivity contribution in [1.82, 2.24) is 14.9 Å². The number of thioether (sulfide) groups is 1. The summed E-state index contributed by atoms with van der Waals surface area (Å²) in [6, 6.07) is 10.8. The lowest BCUT2D eigenvalue weighted by Crippen LogP contribution is -2.31. The molecule has 1 fully saturated rings. The van der Waals surface area contributed by atoms with Crippen molar-refractivity contribution < 1.29 is 4.79 Å². The van der Waals surface area contributed by atoms with E-state index in [1.54, 1.807) is 0 Å². The highest BCUT2D eigenvalue weighted by Crippen LogP contribution is 2.35. The fourth-order valence-corrected chi connectivity index (χ4v) is 3.70. The van der Waals surface area contributed by atoms with Crippen LogP contribution in [0.4, 0.5) is 5.82 Å². The number of carbonyl (C=O) groups excluding carboxylic acids is 1. The Morgan fingerprint density at radius 1 is 1.26 bits per heavy atom. The molecule has 0 radical (unpaired) electrons. The number of likely N-dealkylation sites (tertiary alicyclic amines) is 1. The quantitative estimate of drug-likeness (QED) is 0.659. The van der Waals surface area contributed by atoms with E-state index >= 15 is 0 Å². The summed E-state index contributed by atoms with van der Waals surface area (Å²) in [6.07, 6.45) is 2.07. The first-order valence-electron chi connectivity index (χ1n) is 7.51. The summed E-state index contributed by atoms with van der Waals surface area (Å²) in [7, 11) is 0. The highest BCUT2D eigenvalue weighted by atomic mass is 32.2. The Morgan fingerprint density at radius 3 is 2.61 bits per heavy atom. The van der Waals surface area contributed by atoms with Gasteiger partial charge in [0.05, 0.1) is 0 Å². The molecule has 1 amide bonds. The van der Waals surface area contributed by atoms with Gasteiger partial charge in [-0.25, -0.2) is 4.98 Å². The predicted molar refractivity (Wildman–Crippen MR) is 90.1 cm³/mol. The van der Waals surface area contributed by atoms with Crippen LogP contribution in [0.2, 0.25) is 0 Å². The molecule has 0 bridgehead atoms. The van der Waals surface area contributed by atoms with Gasteiger partial charge in [0.15, 0.2) is 5.16 Å². The number of anilines is 1. The number of rotatable bonds is 4. The van der Waals surface area contributed by atoms with Crippen LogP contribution >= 0.6 is 11.8 Å². The fraction of sp³-hybridized carbons (Fsp3) is 0.312. The van der Waals surface area contributed by atoms with Crippen LogP contribution in [0.25, 0.3) is 0 Å². The number of nitrogens with zero attached hydrogens (tertiary/aromatic N) is 2. The summed E-state index contributed by atoms with van der Waals surface area (Å²) < 4.78 is 0. The molecule has 1 aromatic heterocycles. The van der Waals surface area contributed by atoms with E-state index in [0.717, 1.165) is 31.5 Å². The van der Waals surface area contributed by atoms with E-state index in [1.807, 2.05) is 35.2 Å². The van der Waals surface area contributed by atoms with Gasteiger partial charge in [-0.2, -0.15) is 0 Å². The Kier molecular flexibility index (Phi) is 4.66. The maximum Gasteiger partial charge on any atom is 0.253 e. The number of hydrogen-bond acceptors (Lipinski definition) is 5. The lowest BCUT2D eigenvalue weighted by molar-refractivity contribution is -0.129. The Labute approximate surface area is 138 Å². The first-order chi connectivity index (χ1) is 11.1. The van der Waals surface area contributed by atoms with Crippen molar-refractivity contribution in [2.24, 2.45) is 0 Å². The largest absolute Gasteiger partial charge is 0.383 e. The Balaban J connectivity index is 1.91. The van der Waals surface area contributed by atoms with Crippen molar-refractivity contribution in [2.75, 3.05) is 18.8 Å². The van der Waals surface area contributed by atoms with Crippen molar-refractivity contribution >= 4 is 23.5 Å². The van der Waals surface area contributed by atoms with Gasteiger partial charge in [0.25, 0.3) is 5.56 Å². The van der Waals surface area contributed by atoms with Gasteiger partial charge in [-0.15, -0.1) is 0 Å². The minimum absolute atomic E-state index is 0.0452. The van der Waals surface area contributed by atoms with Gasteiger partial charge in [-0.1, -0.05) is 42.1 Å². The van der Waals surface area contributed by atoms with Crippen molar-refractivity contribution in [2.45, 2.75) is 23.2 Å². The molecule has 1 atom stereocenters. The second-order valence-electron chi connectivity index (χ2n) is 5.42. The summed E-state index contributed by atoms with van der Waals surface area (Å²) in [5.74, 6) is 0.195. The van der Waals surface area contributed by atoms with Crippen molar-refractivity contribution in [3.05, 3.63) is 52.3 Å². The van der Waals surface area contributed by atoms with Gasteiger partial charge < -0.3 is 15.6 Å². The molecule has 0 unspecified atom stereocenters. The fourth-order valence-electron chi connectivity index (χ4n) is 2.61. The lowest BCUT2D eigenvalue weighted by Gasteiger charge is -2.22. The van der Waals surface area contributed by atoms with Gasteiger partial charge in [0.2, 0.25) is 5.91 Å². The van der Waals surface area contributed by atoms with E-state index in [9.17, 15) is 9.59 Å². The van der Waals surface area contributed by atoms with Crippen LogP contribution in [0.1, 0.15) is 23.7 Å². The molecule has 7 heteroatoms. The zero-order valence-corrected chi connectivity index (χ0v) is 13.4. The first kappa shape index (κ1) is 15.6. The maximum absolute atomic E-state index is 12.9. The van der Waals surface area contributed by atoms with E-state index in [4.69, 9.17) is 5.73 Å². The van der Waals surface area contributed by atoms with Gasteiger partial charge in [0.1, 0.15) is 11.1 Å². The van der Waals surface area contributed by atoms with Crippen LogP contribution in [0.15, 0.2) is 46.3 Å². The number of nitrogens with two attached hydrogens (primary N) is 1. The number of H-pyrrole nitrogens is 1. The number of nitrogens with one attached hydrogen (secondary N) is 1. The van der Waals surface area contributed by atoms with Gasteiger partial charge >= 0.3 is 0 Å². The van der Waals surface area contributed by atoms with Crippen molar-refractivity contribution in [3.8, 4) is 0 Å². The van der Waals surface area contributed by atoms with Gasteiger partial charge in [-0.05, 0) is 18.4 Å². The van der Waals surface area contributed by atoms with Crippen LogP contribution in [0.5, 0.6) is 0 Å². The predicted octanol–water partition coefficient (Wildman–Crippen LogP) is 1.81. The Hall–Kier alpha value is -2.28. The monoisotopic (exact) mass is 330 g/mol. The lowest BCUT2D eigenvalue weighted by atomic mass is 10.1. The standard InChI is InChI=1S/C16H18N4O2S/c17-12-10-13(21)19-16(18-12)23-14(11-6-2-1-3-7-11)15(22)20-8-4-5-9-20/h1-3,6-7,10,14H,4-5,8-9H2,(H3,17,18,19,21)/t14-/m0/s1. The Bertz CT molecular complexity index is 741. The molecule has 2 aromatic rings. The molecule has 3 rings (SSSR count). The number of aromatic nitrogens is 2. The molecule has 6 nitrogen and oxygen atoms in total. The minimum atomic E-state index is -0.445. The number of carbonyl (C=O) groups is 1. The number of amides is 1. The smallest absolute Gasteiger partial charge is 0.253 e. The van der Waals surface area contributed by atoms with Gasteiger partial charge in [-0.3, -0.25) is 9.59 Å². The van der Waals surface area contributed by atoms with Crippen LogP contribution in [0.3, 0.4) is 0 Å². The summed E-state index contributed by atoms with van der Waals surface area (Å²) in [6.45, 7) is 1.56. The summed E-state index contributed by atoms with van der Waals surface area (Å²) in [5.41, 5.74) is 6.20. The van der Waals surface area contributed by atoms with Gasteiger partial charge in [0, 0.05) is 19.2 Å². The molecule has 1 aliphatic heterocycles. The van der Waals surface area contributed by atoms with Crippen LogP contribution in [-0.2, 0) is 4.79 Å². The molecule has 1 aliphatic rings. The van der Waals surface area contributed by atoms with E-state index < -0.39 is 5.25 Å². The second-order valence-corrected chi connectivity index (χ2v) is 6.51. The number of aromatic amines is 1. The third-order valence-electron chi connectivity index (χ3n) is 3.71. The normalized spacial score (nSPS) is 15.6. The van der Waals surface area contributed by atoms with E-state index in [0.29, 0.717) is 5.16 Å². The first-order valence-corrected chi connectivity index (χ1v) is 8.39. The van der Waals surface area contributed by atoms with Crippen molar-refractivity contribution in [1.29, 1.82) is 0 Å². The second kappa shape index (κ2) is 6.87. The zero-order valence-electron chi connectivity index (χ0n) is 12.6. The molecule has 1 aromatic carbocycles. The van der Waals surface area contributed by atoms with Crippen molar-refractivity contribution in [3.63, 3.8) is 0 Å². The molecule has 2 heterocycles. The zero-order chi connectivity index (χ0) is 16.2. The third-order valence-corrected chi connectivity index (χ3v) is 4.84. The summed E-state index contributed by atoms with van der Waals surface area (Å²) >= 11 is 1.23. The summed E-state index contributed by atoms with van der Waals surface area (Å²) in [5, 5.41) is -0.0874. The number of nitrogen functional groups attached to an aromatic ring is 1. The van der Waals surface area contributed by atoms with E-state index in [2.05, 4.69) is 9.97 Å². The molecule has 0 saturated carbocycles. The van der Waals surface area contributed by atoms with Crippen LogP contribution < -0.4 is 11.3 Å². The van der Waals surface area contributed by atoms with E-state index in [-0.39, 0.29) is 17.3 Å². The molecule has 3 N–H and O–H groups in total. The molecule has 0 spiro atoms. The molecule has 0 aliphatic carbocycles. The highest BCUT2D eigenvalue weighted by Gasteiger charge is 2.29. The average Bonchev–Trinajstić information content (AvgIpc) is 3.06. The number of hydrogen-bond donors (Lipinski definition) is 2. The third kappa shape index (κ3) is 3.73. The Morgan fingerprint density at radius 2 is 1.96 bits per heavy atom. The molecular weight excluding hydrogens is 312 g/mol. The molecule has 120 valence electrons. The maximum atomic E-state index is 12.9. The topological polar surface area (TPSA) is 92.1 Å². The van der Waals surface area contributed by atoms with Crippen LogP contribution in [-0.4, -0.2) is 33.9 Å². The van der Waals surface area contributed by atoms with Crippen LogP contribution in [0, 0.1) is 0 Å². The SMILES string of the molecule is Nc1cc(=O)[nH]c(S[C@H](C(=O)N2CCCC2)c2ccccc2)n1. The number of benzene rings is 1. The highest BCUT2D eigenvalue weighted by molar-refractivity contribution is 8.00. The molecule has 1 saturated heterocycles. The van der Waals surface area contributed by atoms with E-state index in [1.165, 1.54) is 17.8 Å².